The molecule has 1 aliphatic rings. The van der Waals surface area contributed by atoms with E-state index in [0.29, 0.717) is 23.7 Å². The van der Waals surface area contributed by atoms with Gasteiger partial charge in [0.2, 0.25) is 11.8 Å². The third-order valence-corrected chi connectivity index (χ3v) is 3.65. The third-order valence-electron chi connectivity index (χ3n) is 3.65. The first kappa shape index (κ1) is 15.2. The molecule has 1 fully saturated rings. The van der Waals surface area contributed by atoms with Crippen molar-refractivity contribution in [1.82, 2.24) is 5.32 Å². The zero-order chi connectivity index (χ0) is 15.4. The molecule has 0 unspecified atom stereocenters. The van der Waals surface area contributed by atoms with Crippen LogP contribution in [0.3, 0.4) is 0 Å². The van der Waals surface area contributed by atoms with E-state index in [4.69, 9.17) is 0 Å². The third kappa shape index (κ3) is 4.41. The molecule has 5 heteroatoms. The molecule has 1 aromatic carbocycles. The first-order valence-corrected chi connectivity index (χ1v) is 7.16. The lowest BCUT2D eigenvalue weighted by Gasteiger charge is -2.07. The second-order valence-corrected chi connectivity index (χ2v) is 5.55. The molecule has 1 saturated carbocycles. The number of nitrogens with one attached hydrogen (secondary N) is 2. The Labute approximate surface area is 124 Å². The first-order chi connectivity index (χ1) is 9.97. The van der Waals surface area contributed by atoms with Gasteiger partial charge in [-0.3, -0.25) is 14.4 Å². The normalized spacial score (nSPS) is 19.7. The summed E-state index contributed by atoms with van der Waals surface area (Å²) in [6.07, 6.45) is 1.16. The van der Waals surface area contributed by atoms with Crippen LogP contribution in [0, 0.1) is 11.8 Å². The summed E-state index contributed by atoms with van der Waals surface area (Å²) >= 11 is 0. The van der Waals surface area contributed by atoms with Crippen LogP contribution in [0.15, 0.2) is 24.3 Å². The Morgan fingerprint density at radius 3 is 2.62 bits per heavy atom. The molecule has 1 aliphatic carbocycles. The summed E-state index contributed by atoms with van der Waals surface area (Å²) < 4.78 is 0. The second kappa shape index (κ2) is 6.52. The Balaban J connectivity index is 1.75. The maximum atomic E-state index is 11.8. The van der Waals surface area contributed by atoms with E-state index in [1.165, 1.54) is 6.92 Å². The maximum absolute atomic E-state index is 11.8. The Hall–Kier alpha value is -2.17. The molecule has 0 heterocycles. The number of rotatable bonds is 6. The summed E-state index contributed by atoms with van der Waals surface area (Å²) in [5, 5.41) is 5.49. The summed E-state index contributed by atoms with van der Waals surface area (Å²) in [5.41, 5.74) is 1.15. The predicted molar refractivity (Wildman–Crippen MR) is 80.0 cm³/mol. The van der Waals surface area contributed by atoms with E-state index in [1.807, 2.05) is 6.92 Å². The molecule has 1 aromatic rings. The van der Waals surface area contributed by atoms with E-state index in [0.717, 1.165) is 6.42 Å². The molecule has 0 saturated heterocycles. The van der Waals surface area contributed by atoms with Crippen LogP contribution in [0.2, 0.25) is 0 Å². The molecule has 2 atom stereocenters. The number of anilines is 1. The van der Waals surface area contributed by atoms with E-state index in [1.54, 1.807) is 24.3 Å². The number of carbonyl (C=O) groups is 3. The lowest BCUT2D eigenvalue weighted by Crippen LogP contribution is -2.29. The monoisotopic (exact) mass is 288 g/mol. The van der Waals surface area contributed by atoms with E-state index in [-0.39, 0.29) is 29.9 Å². The molecule has 2 rings (SSSR count). The quantitative estimate of drug-likeness (QED) is 0.786. The molecule has 0 bridgehead atoms. The summed E-state index contributed by atoms with van der Waals surface area (Å²) in [4.78, 5) is 34.6. The van der Waals surface area contributed by atoms with Crippen molar-refractivity contribution in [1.29, 1.82) is 0 Å². The van der Waals surface area contributed by atoms with Crippen LogP contribution in [0.25, 0.3) is 0 Å². The highest BCUT2D eigenvalue weighted by molar-refractivity contribution is 5.97. The van der Waals surface area contributed by atoms with Gasteiger partial charge < -0.3 is 10.6 Å². The fourth-order valence-corrected chi connectivity index (χ4v) is 2.16. The second-order valence-electron chi connectivity index (χ2n) is 5.55. The average molecular weight is 288 g/mol. The first-order valence-electron chi connectivity index (χ1n) is 7.16. The smallest absolute Gasteiger partial charge is 0.226 e. The molecule has 5 nitrogen and oxygen atoms in total. The van der Waals surface area contributed by atoms with Crippen molar-refractivity contribution in [3.8, 4) is 0 Å². The van der Waals surface area contributed by atoms with Crippen molar-refractivity contribution in [3.05, 3.63) is 29.8 Å². The number of hydrogen-bond donors (Lipinski definition) is 2. The number of carbonyl (C=O) groups excluding carboxylic acids is 3. The van der Waals surface area contributed by atoms with Crippen LogP contribution in [0.4, 0.5) is 5.69 Å². The van der Waals surface area contributed by atoms with E-state index in [9.17, 15) is 14.4 Å². The number of benzene rings is 1. The minimum atomic E-state index is -0.181. The van der Waals surface area contributed by atoms with Crippen molar-refractivity contribution < 1.29 is 14.4 Å². The summed E-state index contributed by atoms with van der Waals surface area (Å²) in [7, 11) is 0. The van der Waals surface area contributed by atoms with Gasteiger partial charge in [-0.1, -0.05) is 19.1 Å². The summed E-state index contributed by atoms with van der Waals surface area (Å²) in [6.45, 7) is 3.86. The van der Waals surface area contributed by atoms with E-state index >= 15 is 0 Å². The molecular formula is C16H20N2O3. The summed E-state index contributed by atoms with van der Waals surface area (Å²) in [6, 6.07) is 6.80. The van der Waals surface area contributed by atoms with Crippen LogP contribution in [-0.2, 0) is 9.59 Å². The molecule has 0 aliphatic heterocycles. The SMILES string of the molecule is CC(=O)c1cccc(NC(=O)CCNC(=O)[C@@H]2C[C@H]2C)c1. The molecule has 0 radical (unpaired) electrons. The molecule has 112 valence electrons. The van der Waals surface area contributed by atoms with Gasteiger partial charge in [0.25, 0.3) is 0 Å². The standard InChI is InChI=1S/C16H20N2O3/c1-10-8-14(10)16(21)17-7-6-15(20)18-13-5-3-4-12(9-13)11(2)19/h3-5,9-10,14H,6-8H2,1-2H3,(H,17,21)(H,18,20)/t10-,14-/m1/s1. The molecule has 2 amide bonds. The van der Waals surface area contributed by atoms with Crippen LogP contribution in [0.1, 0.15) is 37.0 Å². The molecule has 21 heavy (non-hydrogen) atoms. The Morgan fingerprint density at radius 1 is 1.29 bits per heavy atom. The van der Waals surface area contributed by atoms with Crippen LogP contribution in [0.5, 0.6) is 0 Å². The van der Waals surface area contributed by atoms with Gasteiger partial charge in [0, 0.05) is 30.1 Å². The lowest BCUT2D eigenvalue weighted by atomic mass is 10.1. The van der Waals surface area contributed by atoms with Crippen molar-refractivity contribution >= 4 is 23.3 Å². The van der Waals surface area contributed by atoms with Crippen LogP contribution >= 0.6 is 0 Å². The van der Waals surface area contributed by atoms with Gasteiger partial charge in [-0.15, -0.1) is 0 Å². The van der Waals surface area contributed by atoms with Gasteiger partial charge in [0.05, 0.1) is 0 Å². The minimum Gasteiger partial charge on any atom is -0.355 e. The Morgan fingerprint density at radius 2 is 2.00 bits per heavy atom. The highest BCUT2D eigenvalue weighted by atomic mass is 16.2. The number of Topliss-reactive ketones (excluding diaryl/α,β-unsaturated/α-hetero) is 1. The number of amides is 2. The zero-order valence-electron chi connectivity index (χ0n) is 12.3. The predicted octanol–water partition coefficient (Wildman–Crippen LogP) is 1.99. The van der Waals surface area contributed by atoms with Gasteiger partial charge in [0.15, 0.2) is 5.78 Å². The van der Waals surface area contributed by atoms with Gasteiger partial charge in [-0.05, 0) is 31.4 Å². The fourth-order valence-electron chi connectivity index (χ4n) is 2.16. The Bertz CT molecular complexity index is 568. The van der Waals surface area contributed by atoms with Gasteiger partial charge >= 0.3 is 0 Å². The van der Waals surface area contributed by atoms with Crippen molar-refractivity contribution in [3.63, 3.8) is 0 Å². The van der Waals surface area contributed by atoms with Crippen LogP contribution in [-0.4, -0.2) is 24.1 Å². The maximum Gasteiger partial charge on any atom is 0.226 e. The van der Waals surface area contributed by atoms with E-state index < -0.39 is 0 Å². The summed E-state index contributed by atoms with van der Waals surface area (Å²) in [5.74, 6) is 0.402. The lowest BCUT2D eigenvalue weighted by molar-refractivity contribution is -0.122. The van der Waals surface area contributed by atoms with Gasteiger partial charge in [0.1, 0.15) is 0 Å². The highest BCUT2D eigenvalue weighted by Gasteiger charge is 2.38. The van der Waals surface area contributed by atoms with Crippen molar-refractivity contribution in [2.75, 3.05) is 11.9 Å². The molecule has 0 spiro atoms. The van der Waals surface area contributed by atoms with Crippen molar-refractivity contribution in [2.24, 2.45) is 11.8 Å². The molecule has 2 N–H and O–H groups in total. The van der Waals surface area contributed by atoms with Gasteiger partial charge in [-0.2, -0.15) is 0 Å². The van der Waals surface area contributed by atoms with Gasteiger partial charge in [-0.25, -0.2) is 0 Å². The highest BCUT2D eigenvalue weighted by Crippen LogP contribution is 2.37. The Kier molecular flexibility index (Phi) is 4.73. The topological polar surface area (TPSA) is 75.3 Å². The largest absolute Gasteiger partial charge is 0.355 e. The fraction of sp³-hybridized carbons (Fsp3) is 0.438. The minimum absolute atomic E-state index is 0.0360. The number of ketones is 1. The zero-order valence-corrected chi connectivity index (χ0v) is 12.3. The average Bonchev–Trinajstić information content (AvgIpc) is 3.16. The van der Waals surface area contributed by atoms with E-state index in [2.05, 4.69) is 10.6 Å². The molecular weight excluding hydrogens is 268 g/mol. The van der Waals surface area contributed by atoms with Crippen molar-refractivity contribution in [2.45, 2.75) is 26.7 Å². The number of hydrogen-bond acceptors (Lipinski definition) is 3. The van der Waals surface area contributed by atoms with Crippen LogP contribution < -0.4 is 10.6 Å². The molecule has 0 aromatic heterocycles.